The summed E-state index contributed by atoms with van der Waals surface area (Å²) in [4.78, 5) is 47.4. The second kappa shape index (κ2) is 11.7. The molecule has 1 rings (SSSR count). The van der Waals surface area contributed by atoms with Gasteiger partial charge < -0.3 is 15.7 Å². The van der Waals surface area contributed by atoms with Crippen LogP contribution in [-0.2, 0) is 25.6 Å². The summed E-state index contributed by atoms with van der Waals surface area (Å²) in [5.74, 6) is -4.09. The Hall–Kier alpha value is -2.94. The van der Waals surface area contributed by atoms with Gasteiger partial charge in [0, 0.05) is 6.42 Å². The minimum atomic E-state index is -1.19. The van der Waals surface area contributed by atoms with Crippen molar-refractivity contribution in [2.24, 2.45) is 11.8 Å². The lowest BCUT2D eigenvalue weighted by atomic mass is 9.92. The fourth-order valence-electron chi connectivity index (χ4n) is 2.67. The van der Waals surface area contributed by atoms with Gasteiger partial charge >= 0.3 is 5.97 Å². The third kappa shape index (κ3) is 7.75. The predicted molar refractivity (Wildman–Crippen MR) is 100 cm³/mol. The minimum absolute atomic E-state index is 0.240. The number of carboxylic acid groups (broad SMARTS) is 1. The van der Waals surface area contributed by atoms with Crippen molar-refractivity contribution < 1.29 is 29.5 Å². The number of hydrogen-bond donors (Lipinski definition) is 5. The Morgan fingerprint density at radius 1 is 1.07 bits per heavy atom. The highest BCUT2D eigenvalue weighted by molar-refractivity contribution is 5.91. The molecule has 5 N–H and O–H groups in total. The molecule has 9 heteroatoms. The number of carbonyl (C=O) groups excluding carboxylic acids is 3. The Morgan fingerprint density at radius 3 is 2.25 bits per heavy atom. The largest absolute Gasteiger partial charge is 0.480 e. The van der Waals surface area contributed by atoms with Gasteiger partial charge in [0.05, 0.1) is 5.92 Å². The maximum Gasteiger partial charge on any atom is 0.322 e. The highest BCUT2D eigenvalue weighted by atomic mass is 16.5. The van der Waals surface area contributed by atoms with Crippen LogP contribution in [0.4, 0.5) is 0 Å². The van der Waals surface area contributed by atoms with Crippen LogP contribution < -0.4 is 16.1 Å². The van der Waals surface area contributed by atoms with Crippen molar-refractivity contribution in [2.45, 2.75) is 39.2 Å². The molecule has 0 aliphatic carbocycles. The van der Waals surface area contributed by atoms with E-state index >= 15 is 0 Å². The molecule has 0 fully saturated rings. The van der Waals surface area contributed by atoms with Crippen molar-refractivity contribution in [3.63, 3.8) is 0 Å². The monoisotopic (exact) mass is 393 g/mol. The second-order valence-electron chi connectivity index (χ2n) is 6.61. The lowest BCUT2D eigenvalue weighted by molar-refractivity contribution is -0.139. The van der Waals surface area contributed by atoms with E-state index in [1.165, 1.54) is 5.48 Å². The van der Waals surface area contributed by atoms with E-state index < -0.39 is 42.2 Å². The quantitative estimate of drug-likeness (QED) is 0.273. The molecular formula is C19H27N3O6. The molecular weight excluding hydrogens is 366 g/mol. The SMILES string of the molecule is CC[C@H](C)[C@H](NC(=O)[C@H](CC(=O)NO)Cc1ccccc1)C(=O)NCC(=O)O. The van der Waals surface area contributed by atoms with Gasteiger partial charge in [0.15, 0.2) is 0 Å². The molecule has 9 nitrogen and oxygen atoms in total. The van der Waals surface area contributed by atoms with Gasteiger partial charge in [0.1, 0.15) is 12.6 Å². The summed E-state index contributed by atoms with van der Waals surface area (Å²) in [6.07, 6.45) is 0.553. The Bertz CT molecular complexity index is 680. The molecule has 0 aromatic heterocycles. The molecule has 0 spiro atoms. The van der Waals surface area contributed by atoms with Crippen LogP contribution in [0.2, 0.25) is 0 Å². The predicted octanol–water partition coefficient (Wildman–Crippen LogP) is 0.473. The van der Waals surface area contributed by atoms with Gasteiger partial charge in [0.2, 0.25) is 17.7 Å². The minimum Gasteiger partial charge on any atom is -0.480 e. The van der Waals surface area contributed by atoms with Gasteiger partial charge in [-0.1, -0.05) is 50.6 Å². The highest BCUT2D eigenvalue weighted by Crippen LogP contribution is 2.15. The van der Waals surface area contributed by atoms with E-state index in [0.717, 1.165) is 5.56 Å². The van der Waals surface area contributed by atoms with Gasteiger partial charge in [-0.15, -0.1) is 0 Å². The van der Waals surface area contributed by atoms with E-state index in [4.69, 9.17) is 10.3 Å². The summed E-state index contributed by atoms with van der Waals surface area (Å²) in [6.45, 7) is 3.05. The topological polar surface area (TPSA) is 145 Å². The van der Waals surface area contributed by atoms with Gasteiger partial charge in [-0.05, 0) is 17.9 Å². The number of carbonyl (C=O) groups is 4. The lowest BCUT2D eigenvalue weighted by Gasteiger charge is -2.25. The number of hydroxylamine groups is 1. The summed E-state index contributed by atoms with van der Waals surface area (Å²) in [7, 11) is 0. The fraction of sp³-hybridized carbons (Fsp3) is 0.474. The average Bonchev–Trinajstić information content (AvgIpc) is 2.69. The molecule has 0 unspecified atom stereocenters. The number of aliphatic carboxylic acids is 1. The van der Waals surface area contributed by atoms with Crippen LogP contribution in [0.25, 0.3) is 0 Å². The van der Waals surface area contributed by atoms with E-state index in [-0.39, 0.29) is 18.8 Å². The summed E-state index contributed by atoms with van der Waals surface area (Å²) in [5, 5.41) is 22.4. The molecule has 28 heavy (non-hydrogen) atoms. The molecule has 0 aliphatic heterocycles. The van der Waals surface area contributed by atoms with Gasteiger partial charge in [-0.2, -0.15) is 0 Å². The number of amides is 3. The molecule has 0 saturated carbocycles. The second-order valence-corrected chi connectivity index (χ2v) is 6.61. The smallest absolute Gasteiger partial charge is 0.322 e. The molecule has 1 aromatic rings. The van der Waals surface area contributed by atoms with Crippen molar-refractivity contribution in [1.29, 1.82) is 0 Å². The summed E-state index contributed by atoms with van der Waals surface area (Å²) in [6, 6.07) is 8.11. The van der Waals surface area contributed by atoms with Crippen LogP contribution in [0.3, 0.4) is 0 Å². The van der Waals surface area contributed by atoms with Crippen molar-refractivity contribution in [2.75, 3.05) is 6.54 Å². The lowest BCUT2D eigenvalue weighted by Crippen LogP contribution is -2.52. The molecule has 1 aromatic carbocycles. The van der Waals surface area contributed by atoms with Crippen LogP contribution in [0, 0.1) is 11.8 Å². The maximum atomic E-state index is 12.8. The molecule has 0 aliphatic rings. The average molecular weight is 393 g/mol. The highest BCUT2D eigenvalue weighted by Gasteiger charge is 2.30. The zero-order chi connectivity index (χ0) is 21.1. The number of benzene rings is 1. The van der Waals surface area contributed by atoms with E-state index in [1.54, 1.807) is 19.1 Å². The Kier molecular flexibility index (Phi) is 9.66. The summed E-state index contributed by atoms with van der Waals surface area (Å²) < 4.78 is 0. The van der Waals surface area contributed by atoms with Gasteiger partial charge in [-0.25, -0.2) is 5.48 Å². The van der Waals surface area contributed by atoms with Crippen LogP contribution >= 0.6 is 0 Å². The van der Waals surface area contributed by atoms with Gasteiger partial charge in [-0.3, -0.25) is 24.4 Å². The molecule has 0 heterocycles. The summed E-state index contributed by atoms with van der Waals surface area (Å²) in [5.41, 5.74) is 2.34. The molecule has 3 atom stereocenters. The number of hydrogen-bond acceptors (Lipinski definition) is 5. The zero-order valence-electron chi connectivity index (χ0n) is 16.0. The first-order chi connectivity index (χ1) is 13.3. The van der Waals surface area contributed by atoms with Crippen LogP contribution in [0.1, 0.15) is 32.3 Å². The van der Waals surface area contributed by atoms with E-state index in [9.17, 15) is 19.2 Å². The third-order valence-electron chi connectivity index (χ3n) is 4.46. The maximum absolute atomic E-state index is 12.8. The van der Waals surface area contributed by atoms with Crippen molar-refractivity contribution in [3.05, 3.63) is 35.9 Å². The van der Waals surface area contributed by atoms with Crippen molar-refractivity contribution >= 4 is 23.7 Å². The fourth-order valence-corrected chi connectivity index (χ4v) is 2.67. The molecule has 0 bridgehead atoms. The Balaban J connectivity index is 2.94. The third-order valence-corrected chi connectivity index (χ3v) is 4.46. The van der Waals surface area contributed by atoms with E-state index in [2.05, 4.69) is 10.6 Å². The first-order valence-electron chi connectivity index (χ1n) is 9.05. The zero-order valence-corrected chi connectivity index (χ0v) is 16.0. The number of carboxylic acids is 1. The first-order valence-corrected chi connectivity index (χ1v) is 9.05. The molecule has 0 radical (unpaired) electrons. The normalized spacial score (nSPS) is 13.7. The number of nitrogens with one attached hydrogen (secondary N) is 3. The van der Waals surface area contributed by atoms with Crippen LogP contribution in [-0.4, -0.2) is 46.6 Å². The summed E-state index contributed by atoms with van der Waals surface area (Å²) >= 11 is 0. The van der Waals surface area contributed by atoms with E-state index in [0.29, 0.717) is 6.42 Å². The van der Waals surface area contributed by atoms with Crippen molar-refractivity contribution in [3.8, 4) is 0 Å². The van der Waals surface area contributed by atoms with Crippen LogP contribution in [0.5, 0.6) is 0 Å². The molecule has 154 valence electrons. The van der Waals surface area contributed by atoms with Gasteiger partial charge in [0.25, 0.3) is 0 Å². The first kappa shape index (κ1) is 23.1. The van der Waals surface area contributed by atoms with Crippen molar-refractivity contribution in [1.82, 2.24) is 16.1 Å². The Labute approximate surface area is 163 Å². The Morgan fingerprint density at radius 2 is 1.71 bits per heavy atom. The molecule has 0 saturated heterocycles. The standard InChI is InChI=1S/C19H27N3O6/c1-3-12(2)17(19(27)20-11-16(24)25)21-18(26)14(10-15(23)22-28)9-13-7-5-4-6-8-13/h4-8,12,14,17,28H,3,9-11H2,1-2H3,(H,20,27)(H,21,26)(H,22,23)(H,24,25)/t12-,14-,17-/m0/s1. The van der Waals surface area contributed by atoms with E-state index in [1.807, 2.05) is 25.1 Å². The van der Waals surface area contributed by atoms with Crippen LogP contribution in [0.15, 0.2) is 30.3 Å². The molecule has 3 amide bonds. The number of rotatable bonds is 11.